The summed E-state index contributed by atoms with van der Waals surface area (Å²) in [5.74, 6) is 0. The Kier molecular flexibility index (Phi) is 8.68. The summed E-state index contributed by atoms with van der Waals surface area (Å²) in [6.07, 6.45) is 9.37. The van der Waals surface area contributed by atoms with Crippen LogP contribution < -0.4 is 4.90 Å². The number of rotatable bonds is 9. The molecule has 0 saturated carbocycles. The number of anilines is 3. The minimum atomic E-state index is -0.657. The third kappa shape index (κ3) is 5.49. The molecule has 1 aromatic heterocycles. The van der Waals surface area contributed by atoms with Gasteiger partial charge in [-0.1, -0.05) is 177 Å². The maximum absolute atomic E-state index is 4.44. The van der Waals surface area contributed by atoms with Crippen molar-refractivity contribution in [2.24, 2.45) is 0 Å². The van der Waals surface area contributed by atoms with Gasteiger partial charge >= 0.3 is 0 Å². The molecule has 2 nitrogen and oxygen atoms in total. The first kappa shape index (κ1) is 36.4. The molecule has 2 aliphatic carbocycles. The minimum absolute atomic E-state index is 0.657. The van der Waals surface area contributed by atoms with Crippen molar-refractivity contribution in [2.45, 2.75) is 18.8 Å². The van der Waals surface area contributed by atoms with Crippen LogP contribution in [0.5, 0.6) is 0 Å². The van der Waals surface area contributed by atoms with Crippen LogP contribution in [0.2, 0.25) is 0 Å². The smallest absolute Gasteiger partial charge is 0.0714 e. The van der Waals surface area contributed by atoms with Crippen LogP contribution in [0.4, 0.5) is 17.1 Å². The van der Waals surface area contributed by atoms with Crippen LogP contribution in [0.1, 0.15) is 34.7 Å². The van der Waals surface area contributed by atoms with Gasteiger partial charge in [-0.15, -0.1) is 0 Å². The van der Waals surface area contributed by atoms with Crippen LogP contribution in [0.3, 0.4) is 0 Å². The van der Waals surface area contributed by atoms with E-state index < -0.39 is 5.41 Å². The van der Waals surface area contributed by atoms with Gasteiger partial charge in [0, 0.05) is 33.4 Å². The van der Waals surface area contributed by atoms with E-state index in [4.69, 9.17) is 0 Å². The second-order valence-electron chi connectivity index (χ2n) is 16.1. The number of para-hydroxylation sites is 3. The number of fused-ring (bicyclic) bond motifs is 10. The first-order chi connectivity index (χ1) is 30.1. The fourth-order valence-electron chi connectivity index (χ4n) is 10.4. The van der Waals surface area contributed by atoms with E-state index in [1.165, 1.54) is 66.4 Å². The fraction of sp³-hybridized carbons (Fsp3) is 0.0508. The quantitative estimate of drug-likeness (QED) is 0.132. The van der Waals surface area contributed by atoms with Crippen molar-refractivity contribution in [3.8, 4) is 27.9 Å². The Balaban J connectivity index is 1.29. The van der Waals surface area contributed by atoms with Gasteiger partial charge in [0.2, 0.25) is 0 Å². The molecule has 1 unspecified atom stereocenters. The molecule has 290 valence electrons. The number of hydrogen-bond acceptors (Lipinski definition) is 1. The van der Waals surface area contributed by atoms with Gasteiger partial charge in [0.25, 0.3) is 0 Å². The topological polar surface area (TPSA) is 8.17 Å². The van der Waals surface area contributed by atoms with Crippen LogP contribution in [0, 0.1) is 0 Å². The van der Waals surface area contributed by atoms with Crippen LogP contribution >= 0.6 is 0 Å². The van der Waals surface area contributed by atoms with Crippen LogP contribution in [-0.2, 0) is 11.8 Å². The highest BCUT2D eigenvalue weighted by Gasteiger charge is 2.49. The number of aromatic nitrogens is 1. The highest BCUT2D eigenvalue weighted by atomic mass is 15.1. The molecule has 0 N–H and O–H groups in total. The second-order valence-corrected chi connectivity index (χ2v) is 16.1. The lowest BCUT2D eigenvalue weighted by molar-refractivity contribution is 0.765. The highest BCUT2D eigenvalue weighted by Crippen LogP contribution is 2.62. The van der Waals surface area contributed by atoms with E-state index in [1.807, 2.05) is 6.08 Å². The first-order valence-electron chi connectivity index (χ1n) is 21.2. The maximum Gasteiger partial charge on any atom is 0.0714 e. The SMILES string of the molecule is C=CC(=C)/C=C(\C=C/C)C1(c2ccccc2)c2ccccc2-c2c1cc(N(c1ccccc1)c1ccc3c4ccccc4n(-c4ccccc4)c3c1)c1c2Cc2ccccc2-1. The summed E-state index contributed by atoms with van der Waals surface area (Å²) in [5.41, 5.74) is 19.8. The zero-order valence-electron chi connectivity index (χ0n) is 34.2. The largest absolute Gasteiger partial charge is 0.310 e. The number of hydrogen-bond donors (Lipinski definition) is 0. The van der Waals surface area contributed by atoms with Crippen LogP contribution in [0.25, 0.3) is 49.7 Å². The van der Waals surface area contributed by atoms with E-state index in [9.17, 15) is 0 Å². The summed E-state index contributed by atoms with van der Waals surface area (Å²) in [6.45, 7) is 10.7. The van der Waals surface area contributed by atoms with Crippen molar-refractivity contribution in [1.29, 1.82) is 0 Å². The Morgan fingerprint density at radius 3 is 2.03 bits per heavy atom. The molecule has 0 saturated heterocycles. The van der Waals surface area contributed by atoms with E-state index >= 15 is 0 Å². The predicted octanol–water partition coefficient (Wildman–Crippen LogP) is 15.4. The summed E-state index contributed by atoms with van der Waals surface area (Å²) in [7, 11) is 0. The lowest BCUT2D eigenvalue weighted by Gasteiger charge is -2.36. The van der Waals surface area contributed by atoms with Gasteiger partial charge in [-0.3, -0.25) is 0 Å². The summed E-state index contributed by atoms with van der Waals surface area (Å²) < 4.78 is 2.41. The normalized spacial score (nSPS) is 15.1. The Morgan fingerprint density at radius 2 is 1.26 bits per heavy atom. The van der Waals surface area contributed by atoms with Gasteiger partial charge in [-0.2, -0.15) is 0 Å². The van der Waals surface area contributed by atoms with Crippen LogP contribution in [-0.4, -0.2) is 4.57 Å². The molecule has 0 fully saturated rings. The standard InChI is InChI=1S/C59H44N2/c1-4-21-43(36-40(3)5-2)59(42-23-9-6-10-24-42)52-32-19-17-31-50(52)57-51-37-41-22-15-16-29-47(41)58(51)56(39-53(57)59)60(44-25-11-7-12-26-44)46-34-35-49-48-30-18-20-33-54(48)61(55(49)38-46)45-27-13-8-14-28-45/h4-36,38-39H,2-3,37H2,1H3/b21-4-,43-36+. The second kappa shape index (κ2) is 14.5. The Labute approximate surface area is 358 Å². The first-order valence-corrected chi connectivity index (χ1v) is 21.2. The number of nitrogens with zero attached hydrogens (tertiary/aromatic N) is 2. The van der Waals surface area contributed by atoms with Crippen molar-refractivity contribution in [3.05, 3.63) is 264 Å². The predicted molar refractivity (Wildman–Crippen MR) is 258 cm³/mol. The molecule has 0 spiro atoms. The monoisotopic (exact) mass is 780 g/mol. The summed E-state index contributed by atoms with van der Waals surface area (Å²) in [4.78, 5) is 2.51. The molecule has 1 heterocycles. The zero-order chi connectivity index (χ0) is 41.1. The molecule has 0 aliphatic heterocycles. The molecular formula is C59H44N2. The van der Waals surface area contributed by atoms with Crippen molar-refractivity contribution >= 4 is 38.9 Å². The molecule has 8 aromatic carbocycles. The molecule has 2 heteroatoms. The Bertz CT molecular complexity index is 3260. The third-order valence-corrected chi connectivity index (χ3v) is 12.8. The van der Waals surface area contributed by atoms with Crippen molar-refractivity contribution in [1.82, 2.24) is 4.57 Å². The molecule has 9 aromatic rings. The summed E-state index contributed by atoms with van der Waals surface area (Å²) in [6, 6.07) is 69.1. The zero-order valence-corrected chi connectivity index (χ0v) is 34.2. The molecule has 0 radical (unpaired) electrons. The molecule has 0 amide bonds. The van der Waals surface area contributed by atoms with Crippen molar-refractivity contribution < 1.29 is 0 Å². The lowest BCUT2D eigenvalue weighted by Crippen LogP contribution is -2.29. The number of benzene rings is 8. The number of allylic oxidation sites excluding steroid dienone is 6. The minimum Gasteiger partial charge on any atom is -0.310 e. The average molecular weight is 781 g/mol. The Morgan fingerprint density at radius 1 is 0.607 bits per heavy atom. The molecule has 1 atom stereocenters. The maximum atomic E-state index is 4.44. The van der Waals surface area contributed by atoms with E-state index in [2.05, 4.69) is 236 Å². The average Bonchev–Trinajstić information content (AvgIpc) is 3.96. The third-order valence-electron chi connectivity index (χ3n) is 12.8. The summed E-state index contributed by atoms with van der Waals surface area (Å²) in [5, 5.41) is 2.46. The van der Waals surface area contributed by atoms with Gasteiger partial charge in [0.15, 0.2) is 0 Å². The van der Waals surface area contributed by atoms with E-state index in [0.717, 1.165) is 45.8 Å². The van der Waals surface area contributed by atoms with Crippen molar-refractivity contribution in [3.63, 3.8) is 0 Å². The fourth-order valence-corrected chi connectivity index (χ4v) is 10.4. The van der Waals surface area contributed by atoms with Gasteiger partial charge in [-0.25, -0.2) is 0 Å². The molecular weight excluding hydrogens is 737 g/mol. The molecule has 61 heavy (non-hydrogen) atoms. The van der Waals surface area contributed by atoms with E-state index in [1.54, 1.807) is 0 Å². The van der Waals surface area contributed by atoms with Crippen LogP contribution in [0.15, 0.2) is 237 Å². The molecule has 11 rings (SSSR count). The molecule has 0 bridgehead atoms. The van der Waals surface area contributed by atoms with Gasteiger partial charge in [-0.05, 0) is 118 Å². The van der Waals surface area contributed by atoms with Crippen molar-refractivity contribution in [2.75, 3.05) is 4.90 Å². The lowest BCUT2D eigenvalue weighted by atomic mass is 9.66. The van der Waals surface area contributed by atoms with E-state index in [-0.39, 0.29) is 0 Å². The highest BCUT2D eigenvalue weighted by molar-refractivity contribution is 6.11. The van der Waals surface area contributed by atoms with E-state index in [0.29, 0.717) is 0 Å². The molecule has 2 aliphatic rings. The summed E-state index contributed by atoms with van der Waals surface area (Å²) >= 11 is 0. The van der Waals surface area contributed by atoms with Gasteiger partial charge in [0.05, 0.1) is 22.1 Å². The van der Waals surface area contributed by atoms with Gasteiger partial charge < -0.3 is 9.47 Å². The Hall–Kier alpha value is -7.68. The van der Waals surface area contributed by atoms with Gasteiger partial charge in [0.1, 0.15) is 0 Å².